The van der Waals surface area contributed by atoms with Crippen LogP contribution in [0.2, 0.25) is 0 Å². The number of anilines is 1. The lowest BCUT2D eigenvalue weighted by Gasteiger charge is -2.35. The maximum Gasteiger partial charge on any atom is 0.245 e. The van der Waals surface area contributed by atoms with Gasteiger partial charge < -0.3 is 5.73 Å². The largest absolute Gasteiger partial charge is 0.398 e. The molecule has 6 heteroatoms. The number of piperidine rings is 1. The van der Waals surface area contributed by atoms with E-state index in [2.05, 4.69) is 22.9 Å². The molecule has 0 aromatic heterocycles. The first-order chi connectivity index (χ1) is 8.82. The van der Waals surface area contributed by atoms with E-state index in [1.807, 2.05) is 6.92 Å². The summed E-state index contributed by atoms with van der Waals surface area (Å²) in [6.07, 6.45) is 1.97. The van der Waals surface area contributed by atoms with E-state index in [0.717, 1.165) is 17.3 Å². The Kier molecular flexibility index (Phi) is 4.23. The minimum absolute atomic E-state index is 0.0274. The highest BCUT2D eigenvalue weighted by Gasteiger charge is 2.34. The monoisotopic (exact) mass is 346 g/mol. The molecular weight excluding hydrogens is 328 g/mol. The number of rotatable bonds is 2. The molecule has 2 rings (SSSR count). The number of nitrogen functional groups attached to an aromatic ring is 1. The number of nitrogens with two attached hydrogens (primary N) is 1. The van der Waals surface area contributed by atoms with E-state index in [9.17, 15) is 8.42 Å². The molecule has 1 aliphatic rings. The van der Waals surface area contributed by atoms with Crippen LogP contribution in [0.4, 0.5) is 5.69 Å². The van der Waals surface area contributed by atoms with Gasteiger partial charge in [0.1, 0.15) is 4.90 Å². The Labute approximate surface area is 123 Å². The van der Waals surface area contributed by atoms with Crippen LogP contribution in [0.3, 0.4) is 0 Å². The van der Waals surface area contributed by atoms with Crippen LogP contribution >= 0.6 is 15.9 Å². The molecule has 0 spiro atoms. The predicted octanol–water partition coefficient (Wildman–Crippen LogP) is 2.84. The molecule has 0 bridgehead atoms. The lowest BCUT2D eigenvalue weighted by Crippen LogP contribution is -2.44. The summed E-state index contributed by atoms with van der Waals surface area (Å²) in [4.78, 5) is 0.197. The summed E-state index contributed by atoms with van der Waals surface area (Å²) in [5.74, 6) is 0.388. The van der Waals surface area contributed by atoms with Gasteiger partial charge in [0, 0.05) is 17.1 Å². The fourth-order valence-corrected chi connectivity index (χ4v) is 4.88. The lowest BCUT2D eigenvalue weighted by molar-refractivity contribution is 0.218. The van der Waals surface area contributed by atoms with Crippen LogP contribution in [-0.4, -0.2) is 25.3 Å². The molecule has 1 fully saturated rings. The summed E-state index contributed by atoms with van der Waals surface area (Å²) < 4.78 is 27.8. The van der Waals surface area contributed by atoms with Crippen molar-refractivity contribution in [3.05, 3.63) is 22.7 Å². The molecule has 1 aromatic carbocycles. The van der Waals surface area contributed by atoms with Gasteiger partial charge in [0.2, 0.25) is 10.0 Å². The number of benzene rings is 1. The van der Waals surface area contributed by atoms with Crippen molar-refractivity contribution < 1.29 is 8.42 Å². The van der Waals surface area contributed by atoms with Crippen molar-refractivity contribution in [2.24, 2.45) is 5.92 Å². The summed E-state index contributed by atoms with van der Waals surface area (Å²) in [5, 5.41) is 0. The molecule has 1 aliphatic heterocycles. The highest BCUT2D eigenvalue weighted by Crippen LogP contribution is 2.31. The summed E-state index contributed by atoms with van der Waals surface area (Å²) in [6.45, 7) is 4.60. The molecule has 106 valence electrons. The van der Waals surface area contributed by atoms with E-state index in [4.69, 9.17) is 5.73 Å². The fourth-order valence-electron chi connectivity index (χ4n) is 2.44. The minimum atomic E-state index is -3.52. The highest BCUT2D eigenvalue weighted by molar-refractivity contribution is 9.10. The Hall–Kier alpha value is -0.590. The van der Waals surface area contributed by atoms with Crippen molar-refractivity contribution in [2.45, 2.75) is 37.6 Å². The van der Waals surface area contributed by atoms with Crippen LogP contribution in [0.1, 0.15) is 26.7 Å². The Morgan fingerprint density at radius 3 is 2.68 bits per heavy atom. The van der Waals surface area contributed by atoms with Crippen molar-refractivity contribution in [1.82, 2.24) is 4.31 Å². The van der Waals surface area contributed by atoms with Crippen LogP contribution in [0.25, 0.3) is 0 Å². The molecule has 2 N–H and O–H groups in total. The molecule has 0 saturated carbocycles. The summed E-state index contributed by atoms with van der Waals surface area (Å²) in [6, 6.07) is 4.97. The van der Waals surface area contributed by atoms with Gasteiger partial charge in [-0.15, -0.1) is 0 Å². The van der Waals surface area contributed by atoms with Gasteiger partial charge in [-0.2, -0.15) is 4.31 Å². The third kappa shape index (κ3) is 2.95. The Bertz CT molecular complexity index is 574. The molecule has 2 atom stereocenters. The average molecular weight is 347 g/mol. The maximum atomic E-state index is 12.7. The lowest BCUT2D eigenvalue weighted by atomic mass is 9.97. The van der Waals surface area contributed by atoms with Crippen molar-refractivity contribution in [1.29, 1.82) is 0 Å². The number of halogens is 1. The van der Waals surface area contributed by atoms with Gasteiger partial charge in [-0.1, -0.05) is 22.9 Å². The topological polar surface area (TPSA) is 63.4 Å². The fraction of sp³-hybridized carbons (Fsp3) is 0.538. The molecule has 19 heavy (non-hydrogen) atoms. The Balaban J connectivity index is 2.44. The molecule has 4 nitrogen and oxygen atoms in total. The van der Waals surface area contributed by atoms with Gasteiger partial charge in [-0.05, 0) is 43.9 Å². The van der Waals surface area contributed by atoms with E-state index in [0.29, 0.717) is 18.2 Å². The van der Waals surface area contributed by atoms with Gasteiger partial charge in [-0.3, -0.25) is 0 Å². The van der Waals surface area contributed by atoms with Crippen LogP contribution in [0.15, 0.2) is 27.6 Å². The zero-order valence-electron chi connectivity index (χ0n) is 11.1. The average Bonchev–Trinajstić information content (AvgIpc) is 2.35. The van der Waals surface area contributed by atoms with Crippen LogP contribution in [0.5, 0.6) is 0 Å². The molecule has 0 radical (unpaired) electrons. The van der Waals surface area contributed by atoms with Gasteiger partial charge in [0.25, 0.3) is 0 Å². The first kappa shape index (κ1) is 14.8. The first-order valence-corrected chi connectivity index (χ1v) is 8.62. The van der Waals surface area contributed by atoms with Crippen molar-refractivity contribution in [3.63, 3.8) is 0 Å². The molecular formula is C13H19BrN2O2S. The second-order valence-corrected chi connectivity index (χ2v) is 8.06. The highest BCUT2D eigenvalue weighted by atomic mass is 79.9. The molecule has 0 aliphatic carbocycles. The Morgan fingerprint density at radius 2 is 2.00 bits per heavy atom. The molecule has 0 amide bonds. The number of nitrogens with zero attached hydrogens (tertiary/aromatic N) is 1. The van der Waals surface area contributed by atoms with Gasteiger partial charge in [0.05, 0.1) is 5.69 Å². The third-order valence-corrected chi connectivity index (χ3v) is 6.15. The summed E-state index contributed by atoms with van der Waals surface area (Å²) in [7, 11) is -3.52. The predicted molar refractivity (Wildman–Crippen MR) is 80.3 cm³/mol. The molecule has 1 aromatic rings. The van der Waals surface area contributed by atoms with Crippen LogP contribution < -0.4 is 5.73 Å². The number of hydrogen-bond acceptors (Lipinski definition) is 3. The minimum Gasteiger partial charge on any atom is -0.398 e. The van der Waals surface area contributed by atoms with E-state index >= 15 is 0 Å². The van der Waals surface area contributed by atoms with Gasteiger partial charge in [0.15, 0.2) is 0 Å². The van der Waals surface area contributed by atoms with E-state index < -0.39 is 10.0 Å². The smallest absolute Gasteiger partial charge is 0.245 e. The maximum absolute atomic E-state index is 12.7. The summed E-state index contributed by atoms with van der Waals surface area (Å²) in [5.41, 5.74) is 6.14. The van der Waals surface area contributed by atoms with Gasteiger partial charge in [-0.25, -0.2) is 8.42 Å². The molecule has 2 unspecified atom stereocenters. The van der Waals surface area contributed by atoms with E-state index in [1.165, 1.54) is 0 Å². The third-order valence-electron chi connectivity index (χ3n) is 3.62. The molecule has 1 heterocycles. The Morgan fingerprint density at radius 1 is 1.32 bits per heavy atom. The first-order valence-electron chi connectivity index (χ1n) is 6.39. The van der Waals surface area contributed by atoms with E-state index in [1.54, 1.807) is 22.5 Å². The van der Waals surface area contributed by atoms with Gasteiger partial charge >= 0.3 is 0 Å². The zero-order chi connectivity index (χ0) is 14.2. The van der Waals surface area contributed by atoms with Crippen LogP contribution in [-0.2, 0) is 10.0 Å². The second-order valence-electron chi connectivity index (χ2n) is 5.29. The second kappa shape index (κ2) is 5.42. The molecule has 1 saturated heterocycles. The van der Waals surface area contributed by atoms with Crippen molar-refractivity contribution >= 4 is 31.6 Å². The van der Waals surface area contributed by atoms with Crippen LogP contribution in [0, 0.1) is 5.92 Å². The SMILES string of the molecule is CC1CCC(C)N(S(=O)(=O)c2cc(Br)ccc2N)C1. The number of sulfonamides is 1. The summed E-state index contributed by atoms with van der Waals surface area (Å²) >= 11 is 3.30. The zero-order valence-corrected chi connectivity index (χ0v) is 13.5. The quantitative estimate of drug-likeness (QED) is 0.837. The standard InChI is InChI=1S/C13H19BrN2O2S/c1-9-3-4-10(2)16(8-9)19(17,18)13-7-11(14)5-6-12(13)15/h5-7,9-10H,3-4,8,15H2,1-2H3. The van der Waals surface area contributed by atoms with Crippen molar-refractivity contribution in [2.75, 3.05) is 12.3 Å². The normalized spacial score (nSPS) is 25.4. The number of hydrogen-bond donors (Lipinski definition) is 1. The van der Waals surface area contributed by atoms with E-state index in [-0.39, 0.29) is 10.9 Å². The van der Waals surface area contributed by atoms with Crippen molar-refractivity contribution in [3.8, 4) is 0 Å².